The number of fused-ring (bicyclic) bond motifs is 1. The molecule has 3 aromatic rings. The van der Waals surface area contributed by atoms with Crippen LogP contribution in [0.3, 0.4) is 0 Å². The van der Waals surface area contributed by atoms with Crippen molar-refractivity contribution in [2.75, 3.05) is 19.6 Å². The lowest BCUT2D eigenvalue weighted by Crippen LogP contribution is -2.37. The first kappa shape index (κ1) is 19.0. The highest BCUT2D eigenvalue weighted by atomic mass is 32.2. The van der Waals surface area contributed by atoms with E-state index in [-0.39, 0.29) is 6.04 Å². The topological polar surface area (TPSA) is 49.4 Å². The van der Waals surface area contributed by atoms with Crippen LogP contribution in [0.2, 0.25) is 0 Å². The summed E-state index contributed by atoms with van der Waals surface area (Å²) in [5.41, 5.74) is 1.15. The largest absolute Gasteiger partial charge is 0.296 e. The van der Waals surface area contributed by atoms with Crippen LogP contribution in [0, 0.1) is 0 Å². The van der Waals surface area contributed by atoms with E-state index in [4.69, 9.17) is 0 Å². The Balaban J connectivity index is 1.82. The summed E-state index contributed by atoms with van der Waals surface area (Å²) in [6.07, 6.45) is 0. The summed E-state index contributed by atoms with van der Waals surface area (Å²) in [5.74, 6) is 0. The minimum atomic E-state index is -3.56. The molecule has 6 heteroatoms. The number of nitrogens with zero attached hydrogens (tertiary/aromatic N) is 1. The van der Waals surface area contributed by atoms with Crippen molar-refractivity contribution in [2.45, 2.75) is 24.8 Å². The summed E-state index contributed by atoms with van der Waals surface area (Å²) < 4.78 is 28.5. The zero-order valence-corrected chi connectivity index (χ0v) is 16.7. The normalized spacial score (nSPS) is 13.3. The highest BCUT2D eigenvalue weighted by Crippen LogP contribution is 2.24. The van der Waals surface area contributed by atoms with Crippen molar-refractivity contribution in [1.29, 1.82) is 0 Å². The third-order valence-electron chi connectivity index (χ3n) is 4.68. The number of rotatable bonds is 8. The second-order valence-corrected chi connectivity index (χ2v) is 8.70. The molecule has 0 aliphatic heterocycles. The van der Waals surface area contributed by atoms with Gasteiger partial charge in [0, 0.05) is 12.6 Å². The molecular formula is C20H24N2O2S2. The summed E-state index contributed by atoms with van der Waals surface area (Å²) in [6, 6.07) is 15.1. The number of hydrogen-bond acceptors (Lipinski definition) is 4. The number of nitrogens with one attached hydrogen (secondary N) is 1. The Bertz CT molecular complexity index is 949. The van der Waals surface area contributed by atoms with Gasteiger partial charge in [0.05, 0.1) is 4.90 Å². The van der Waals surface area contributed by atoms with Crippen molar-refractivity contribution in [1.82, 2.24) is 9.62 Å². The predicted molar refractivity (Wildman–Crippen MR) is 109 cm³/mol. The van der Waals surface area contributed by atoms with Crippen LogP contribution in [-0.4, -0.2) is 33.0 Å². The van der Waals surface area contributed by atoms with Gasteiger partial charge in [-0.05, 0) is 58.4 Å². The lowest BCUT2D eigenvalue weighted by molar-refractivity contribution is 0.220. The molecule has 0 spiro atoms. The van der Waals surface area contributed by atoms with Gasteiger partial charge < -0.3 is 0 Å². The molecule has 0 aliphatic carbocycles. The van der Waals surface area contributed by atoms with E-state index in [1.54, 1.807) is 23.5 Å². The van der Waals surface area contributed by atoms with E-state index in [1.807, 2.05) is 35.7 Å². The molecule has 0 radical (unpaired) electrons. The van der Waals surface area contributed by atoms with Crippen LogP contribution in [-0.2, 0) is 10.0 Å². The highest BCUT2D eigenvalue weighted by molar-refractivity contribution is 7.89. The maximum atomic E-state index is 12.8. The molecule has 1 aromatic heterocycles. The van der Waals surface area contributed by atoms with Crippen LogP contribution in [0.1, 0.15) is 25.5 Å². The maximum Gasteiger partial charge on any atom is 0.240 e. The van der Waals surface area contributed by atoms with Gasteiger partial charge in [-0.2, -0.15) is 11.3 Å². The van der Waals surface area contributed by atoms with Gasteiger partial charge >= 0.3 is 0 Å². The van der Waals surface area contributed by atoms with Gasteiger partial charge in [-0.25, -0.2) is 13.1 Å². The molecule has 1 atom stereocenters. The van der Waals surface area contributed by atoms with E-state index in [1.165, 1.54) is 0 Å². The smallest absolute Gasteiger partial charge is 0.240 e. The van der Waals surface area contributed by atoms with Crippen molar-refractivity contribution in [3.8, 4) is 0 Å². The van der Waals surface area contributed by atoms with Crippen LogP contribution in [0.15, 0.2) is 64.2 Å². The summed E-state index contributed by atoms with van der Waals surface area (Å²) >= 11 is 1.63. The van der Waals surface area contributed by atoms with Gasteiger partial charge in [0.2, 0.25) is 10.0 Å². The minimum Gasteiger partial charge on any atom is -0.296 e. The average molecular weight is 389 g/mol. The highest BCUT2D eigenvalue weighted by Gasteiger charge is 2.22. The molecule has 0 amide bonds. The molecule has 0 saturated carbocycles. The predicted octanol–water partition coefficient (Wildman–Crippen LogP) is 4.26. The van der Waals surface area contributed by atoms with E-state index in [0.29, 0.717) is 11.4 Å². The second kappa shape index (κ2) is 8.31. The molecule has 26 heavy (non-hydrogen) atoms. The number of thiophene rings is 1. The minimum absolute atomic E-state index is 0.0338. The molecule has 0 saturated heterocycles. The molecule has 0 aliphatic rings. The second-order valence-electron chi connectivity index (χ2n) is 6.15. The van der Waals surface area contributed by atoms with Gasteiger partial charge in [0.15, 0.2) is 0 Å². The molecule has 0 fully saturated rings. The van der Waals surface area contributed by atoms with E-state index >= 15 is 0 Å². The van der Waals surface area contributed by atoms with E-state index in [9.17, 15) is 8.42 Å². The fourth-order valence-corrected chi connectivity index (χ4v) is 4.97. The fraction of sp³-hybridized carbons (Fsp3) is 0.300. The standard InChI is InChI=1S/C20H24N2O2S2/c1-3-22(4-2)20(18-11-12-25-15-18)14-21-26(23,24)19-10-9-16-7-5-6-8-17(16)13-19/h5-13,15,20-21H,3-4,14H2,1-2H3. The van der Waals surface area contributed by atoms with Gasteiger partial charge in [0.1, 0.15) is 0 Å². The Hall–Kier alpha value is -1.73. The first-order chi connectivity index (χ1) is 12.5. The number of likely N-dealkylation sites (N-methyl/N-ethyl adjacent to an activating group) is 1. The van der Waals surface area contributed by atoms with Crippen molar-refractivity contribution in [3.63, 3.8) is 0 Å². The molecule has 1 unspecified atom stereocenters. The Morgan fingerprint density at radius 3 is 2.42 bits per heavy atom. The van der Waals surface area contributed by atoms with E-state index in [0.717, 1.165) is 29.4 Å². The van der Waals surface area contributed by atoms with Gasteiger partial charge in [-0.1, -0.05) is 44.2 Å². The Labute approximate surface area is 159 Å². The van der Waals surface area contributed by atoms with Crippen molar-refractivity contribution >= 4 is 32.1 Å². The first-order valence-electron chi connectivity index (χ1n) is 8.79. The molecule has 4 nitrogen and oxygen atoms in total. The van der Waals surface area contributed by atoms with Gasteiger partial charge in [-0.15, -0.1) is 0 Å². The molecule has 138 valence electrons. The maximum absolute atomic E-state index is 12.8. The van der Waals surface area contributed by atoms with Crippen molar-refractivity contribution < 1.29 is 8.42 Å². The fourth-order valence-electron chi connectivity index (χ4n) is 3.19. The monoisotopic (exact) mass is 388 g/mol. The SMILES string of the molecule is CCN(CC)C(CNS(=O)(=O)c1ccc2ccccc2c1)c1ccsc1. The Morgan fingerprint density at radius 1 is 1.04 bits per heavy atom. The summed E-state index contributed by atoms with van der Waals surface area (Å²) in [5, 5.41) is 6.08. The summed E-state index contributed by atoms with van der Waals surface area (Å²) in [4.78, 5) is 2.57. The number of hydrogen-bond donors (Lipinski definition) is 1. The van der Waals surface area contributed by atoms with E-state index in [2.05, 4.69) is 34.9 Å². The molecule has 0 bridgehead atoms. The van der Waals surface area contributed by atoms with Crippen LogP contribution >= 0.6 is 11.3 Å². The zero-order valence-electron chi connectivity index (χ0n) is 15.1. The molecule has 1 heterocycles. The third kappa shape index (κ3) is 4.15. The molecule has 3 rings (SSSR count). The number of sulfonamides is 1. The lowest BCUT2D eigenvalue weighted by Gasteiger charge is -2.29. The summed E-state index contributed by atoms with van der Waals surface area (Å²) in [6.45, 7) is 6.29. The Morgan fingerprint density at radius 2 is 1.77 bits per heavy atom. The third-order valence-corrected chi connectivity index (χ3v) is 6.80. The first-order valence-corrected chi connectivity index (χ1v) is 11.2. The average Bonchev–Trinajstić information content (AvgIpc) is 3.19. The molecular weight excluding hydrogens is 364 g/mol. The van der Waals surface area contributed by atoms with Crippen LogP contribution in [0.25, 0.3) is 10.8 Å². The summed E-state index contributed by atoms with van der Waals surface area (Å²) in [7, 11) is -3.56. The van der Waals surface area contributed by atoms with Gasteiger partial charge in [0.25, 0.3) is 0 Å². The van der Waals surface area contributed by atoms with Crippen LogP contribution in [0.5, 0.6) is 0 Å². The van der Waals surface area contributed by atoms with Gasteiger partial charge in [-0.3, -0.25) is 4.90 Å². The Kier molecular flexibility index (Phi) is 6.09. The van der Waals surface area contributed by atoms with Crippen LogP contribution in [0.4, 0.5) is 0 Å². The molecule has 2 aromatic carbocycles. The number of benzene rings is 2. The van der Waals surface area contributed by atoms with Crippen molar-refractivity contribution in [3.05, 3.63) is 64.9 Å². The quantitative estimate of drug-likeness (QED) is 0.627. The van der Waals surface area contributed by atoms with E-state index < -0.39 is 10.0 Å². The molecule has 1 N–H and O–H groups in total. The van der Waals surface area contributed by atoms with Crippen molar-refractivity contribution in [2.24, 2.45) is 0 Å². The van der Waals surface area contributed by atoms with Crippen LogP contribution < -0.4 is 4.72 Å². The zero-order chi connectivity index (χ0) is 18.6. The lowest BCUT2D eigenvalue weighted by atomic mass is 10.1.